The van der Waals surface area contributed by atoms with Crippen molar-refractivity contribution >= 4 is 11.6 Å². The molecule has 0 heterocycles. The molecule has 0 aliphatic heterocycles. The van der Waals surface area contributed by atoms with E-state index in [0.29, 0.717) is 24.4 Å². The molecule has 0 saturated carbocycles. The second-order valence-electron chi connectivity index (χ2n) is 20.4. The number of hydrogen-bond donors (Lipinski definition) is 1. The Kier molecular flexibility index (Phi) is 47.8. The first-order valence-corrected chi connectivity index (χ1v) is 28.9. The van der Waals surface area contributed by atoms with Crippen LogP contribution in [0.4, 0.5) is 0 Å². The summed E-state index contributed by atoms with van der Waals surface area (Å²) in [5.74, 6) is 0.427. The van der Waals surface area contributed by atoms with Crippen molar-refractivity contribution in [3.8, 4) is 0 Å². The van der Waals surface area contributed by atoms with Crippen molar-refractivity contribution in [1.82, 2.24) is 0 Å². The van der Waals surface area contributed by atoms with Gasteiger partial charge in [0.05, 0.1) is 6.10 Å². The molecule has 4 atom stereocenters. The van der Waals surface area contributed by atoms with E-state index in [-0.39, 0.29) is 23.9 Å². The van der Waals surface area contributed by atoms with Gasteiger partial charge in [-0.1, -0.05) is 271 Å². The predicted molar refractivity (Wildman–Crippen MR) is 281 cm³/mol. The third kappa shape index (κ3) is 38.6. The Labute approximate surface area is 396 Å². The van der Waals surface area contributed by atoms with E-state index in [1.165, 1.54) is 198 Å². The third-order valence-electron chi connectivity index (χ3n) is 14.4. The standard InChI is InChI=1S/C60H114O3/c1-7-12-15-18-20-22-24-26-27-29-31-33-39-43-48-53-59(63)60(56(10-4)54(6)49-44-40-36-32-30-28-25-23-21-19-16-13-8-2)57(11-5)58(62)52-47-42-38-35-34-37-41-46-51-55(61)50-45-17-14-9-3/h41,46,55-57,60-61H,6-40,42-45,47-53H2,1-5H3/b46-41-/t55-,56?,57?,60?/m1/s1. The van der Waals surface area contributed by atoms with Gasteiger partial charge in [-0.3, -0.25) is 9.59 Å². The number of Topliss-reactive ketones (excluding diaryl/α,β-unsaturated/α-hetero) is 2. The molecule has 3 nitrogen and oxygen atoms in total. The number of carbonyl (C=O) groups is 2. The molecule has 0 aliphatic rings. The molecule has 0 aliphatic carbocycles. The number of rotatable bonds is 52. The fourth-order valence-corrected chi connectivity index (χ4v) is 10.2. The number of ketones is 2. The monoisotopic (exact) mass is 883 g/mol. The van der Waals surface area contributed by atoms with Crippen molar-refractivity contribution in [2.24, 2.45) is 17.8 Å². The first-order valence-electron chi connectivity index (χ1n) is 28.9. The number of carbonyl (C=O) groups excluding carboxylic acids is 2. The van der Waals surface area contributed by atoms with Gasteiger partial charge in [-0.2, -0.15) is 0 Å². The van der Waals surface area contributed by atoms with Crippen molar-refractivity contribution in [2.45, 2.75) is 330 Å². The van der Waals surface area contributed by atoms with Gasteiger partial charge >= 0.3 is 0 Å². The Bertz CT molecular complexity index is 1010. The van der Waals surface area contributed by atoms with Gasteiger partial charge < -0.3 is 5.11 Å². The Balaban J connectivity index is 4.91. The van der Waals surface area contributed by atoms with Crippen LogP contribution in [0.15, 0.2) is 24.3 Å². The van der Waals surface area contributed by atoms with Gasteiger partial charge in [-0.05, 0) is 70.1 Å². The highest BCUT2D eigenvalue weighted by Crippen LogP contribution is 2.37. The fourth-order valence-electron chi connectivity index (χ4n) is 10.2. The minimum absolute atomic E-state index is 0.121. The highest BCUT2D eigenvalue weighted by atomic mass is 16.3. The van der Waals surface area contributed by atoms with E-state index in [0.717, 1.165) is 83.5 Å². The molecule has 3 heteroatoms. The van der Waals surface area contributed by atoms with E-state index < -0.39 is 0 Å². The van der Waals surface area contributed by atoms with E-state index in [9.17, 15) is 14.7 Å². The zero-order valence-corrected chi connectivity index (χ0v) is 43.8. The minimum atomic E-state index is -0.199. The topological polar surface area (TPSA) is 54.4 Å². The van der Waals surface area contributed by atoms with E-state index >= 15 is 0 Å². The minimum Gasteiger partial charge on any atom is -0.393 e. The molecule has 0 spiro atoms. The normalized spacial score (nSPS) is 13.7. The number of allylic oxidation sites excluding steroid dienone is 2. The largest absolute Gasteiger partial charge is 0.393 e. The molecular weight excluding hydrogens is 769 g/mol. The third-order valence-corrected chi connectivity index (χ3v) is 14.4. The zero-order chi connectivity index (χ0) is 46.3. The maximum absolute atomic E-state index is 14.3. The summed E-state index contributed by atoms with van der Waals surface area (Å²) in [4.78, 5) is 28.3. The number of aliphatic hydroxyl groups excluding tert-OH is 1. The Morgan fingerprint density at radius 1 is 0.397 bits per heavy atom. The van der Waals surface area contributed by atoms with Gasteiger partial charge in [-0.15, -0.1) is 0 Å². The van der Waals surface area contributed by atoms with Gasteiger partial charge in [0.25, 0.3) is 0 Å². The first kappa shape index (κ1) is 61.8. The molecule has 0 saturated heterocycles. The van der Waals surface area contributed by atoms with Crippen molar-refractivity contribution < 1.29 is 14.7 Å². The van der Waals surface area contributed by atoms with Crippen LogP contribution in [0.1, 0.15) is 324 Å². The Morgan fingerprint density at radius 3 is 1.13 bits per heavy atom. The van der Waals surface area contributed by atoms with Gasteiger partial charge in [0.2, 0.25) is 0 Å². The predicted octanol–water partition coefficient (Wildman–Crippen LogP) is 20.1. The fraction of sp³-hybridized carbons (Fsp3) is 0.900. The molecule has 0 amide bonds. The van der Waals surface area contributed by atoms with Crippen LogP contribution in [-0.2, 0) is 9.59 Å². The molecule has 63 heavy (non-hydrogen) atoms. The van der Waals surface area contributed by atoms with E-state index in [1.54, 1.807) is 0 Å². The smallest absolute Gasteiger partial charge is 0.137 e. The van der Waals surface area contributed by atoms with Crippen LogP contribution >= 0.6 is 0 Å². The van der Waals surface area contributed by atoms with E-state index in [1.807, 2.05) is 0 Å². The number of hydrogen-bond acceptors (Lipinski definition) is 3. The number of unbranched alkanes of at least 4 members (excludes halogenated alkanes) is 34. The Hall–Kier alpha value is -1.22. The lowest BCUT2D eigenvalue weighted by molar-refractivity contribution is -0.134. The molecule has 1 N–H and O–H groups in total. The molecule has 0 aromatic heterocycles. The maximum Gasteiger partial charge on any atom is 0.137 e. The van der Waals surface area contributed by atoms with E-state index in [4.69, 9.17) is 0 Å². The molecule has 0 rings (SSSR count). The summed E-state index contributed by atoms with van der Waals surface area (Å²) in [6, 6.07) is 0. The van der Waals surface area contributed by atoms with Gasteiger partial charge in [-0.25, -0.2) is 0 Å². The van der Waals surface area contributed by atoms with E-state index in [2.05, 4.69) is 53.3 Å². The van der Waals surface area contributed by atoms with Crippen molar-refractivity contribution in [2.75, 3.05) is 0 Å². The maximum atomic E-state index is 14.3. The highest BCUT2D eigenvalue weighted by Gasteiger charge is 2.37. The SMILES string of the molecule is C=C(CCCCCCCCCCCCCCC)C(CC)C(C(=O)CCCCCCCCCCCCCCCCC)C(CC)C(=O)CCCCCCC/C=C\C[C@H](O)CCCCCC. The van der Waals surface area contributed by atoms with Crippen LogP contribution in [0, 0.1) is 17.8 Å². The molecular formula is C60H114O3. The second-order valence-corrected chi connectivity index (χ2v) is 20.4. The highest BCUT2D eigenvalue weighted by molar-refractivity contribution is 5.90. The van der Waals surface area contributed by atoms with Gasteiger partial charge in [0, 0.05) is 24.7 Å². The summed E-state index contributed by atoms with van der Waals surface area (Å²) >= 11 is 0. The summed E-state index contributed by atoms with van der Waals surface area (Å²) in [5.41, 5.74) is 1.23. The van der Waals surface area contributed by atoms with Crippen LogP contribution in [0.2, 0.25) is 0 Å². The lowest BCUT2D eigenvalue weighted by atomic mass is 9.69. The summed E-state index contributed by atoms with van der Waals surface area (Å²) in [5, 5.41) is 10.2. The van der Waals surface area contributed by atoms with Gasteiger partial charge in [0.1, 0.15) is 11.6 Å². The summed E-state index contributed by atoms with van der Waals surface area (Å²) < 4.78 is 0. The lowest BCUT2D eigenvalue weighted by Gasteiger charge is -2.33. The van der Waals surface area contributed by atoms with Crippen LogP contribution in [-0.4, -0.2) is 22.8 Å². The summed E-state index contributed by atoms with van der Waals surface area (Å²) in [7, 11) is 0. The average Bonchev–Trinajstić information content (AvgIpc) is 3.28. The molecule has 0 fully saturated rings. The zero-order valence-electron chi connectivity index (χ0n) is 43.8. The Morgan fingerprint density at radius 2 is 0.730 bits per heavy atom. The summed E-state index contributed by atoms with van der Waals surface area (Å²) in [6.07, 6.45) is 58.8. The van der Waals surface area contributed by atoms with Crippen molar-refractivity contribution in [3.05, 3.63) is 24.3 Å². The second kappa shape index (κ2) is 48.7. The van der Waals surface area contributed by atoms with Gasteiger partial charge in [0.15, 0.2) is 0 Å². The lowest BCUT2D eigenvalue weighted by Crippen LogP contribution is -2.36. The van der Waals surface area contributed by atoms with Crippen LogP contribution in [0.5, 0.6) is 0 Å². The summed E-state index contributed by atoms with van der Waals surface area (Å²) in [6.45, 7) is 15.8. The average molecular weight is 884 g/mol. The van der Waals surface area contributed by atoms with Crippen LogP contribution in [0.3, 0.4) is 0 Å². The van der Waals surface area contributed by atoms with Crippen LogP contribution < -0.4 is 0 Å². The van der Waals surface area contributed by atoms with Crippen molar-refractivity contribution in [3.63, 3.8) is 0 Å². The molecule has 0 aromatic rings. The molecule has 0 bridgehead atoms. The molecule has 0 aromatic carbocycles. The number of aliphatic hydroxyl groups is 1. The molecule has 3 unspecified atom stereocenters. The van der Waals surface area contributed by atoms with Crippen LogP contribution in [0.25, 0.3) is 0 Å². The quantitative estimate of drug-likeness (QED) is 0.0489. The molecule has 372 valence electrons. The van der Waals surface area contributed by atoms with Crippen molar-refractivity contribution in [1.29, 1.82) is 0 Å². The first-order chi connectivity index (χ1) is 30.9. The molecule has 0 radical (unpaired) electrons.